The van der Waals surface area contributed by atoms with Crippen LogP contribution >= 0.6 is 24.0 Å². The maximum absolute atomic E-state index is 12.2. The Morgan fingerprint density at radius 3 is 2.50 bits per heavy atom. The van der Waals surface area contributed by atoms with Gasteiger partial charge >= 0.3 is 0 Å². The second-order valence-corrected chi connectivity index (χ2v) is 5.56. The van der Waals surface area contributed by atoms with Crippen LogP contribution < -0.4 is 5.43 Å². The van der Waals surface area contributed by atoms with Crippen LogP contribution in [0.25, 0.3) is 20.5 Å². The Kier molecular flexibility index (Phi) is 2.94. The van der Waals surface area contributed by atoms with Crippen LogP contribution in [-0.2, 0) is 0 Å². The van der Waals surface area contributed by atoms with E-state index in [0.717, 1.165) is 20.0 Å². The lowest BCUT2D eigenvalue weighted by molar-refractivity contribution is 1.54. The van der Waals surface area contributed by atoms with E-state index in [0.29, 0.717) is 5.39 Å². The van der Waals surface area contributed by atoms with E-state index in [1.54, 1.807) is 17.4 Å². The van der Waals surface area contributed by atoms with Crippen molar-refractivity contribution < 1.29 is 0 Å². The predicted octanol–water partition coefficient (Wildman–Crippen LogP) is 4.22. The van der Waals surface area contributed by atoms with E-state index in [9.17, 15) is 4.79 Å². The summed E-state index contributed by atoms with van der Waals surface area (Å²) in [7, 11) is 0. The number of hydrogen-bond donors (Lipinski definition) is 1. The molecule has 0 radical (unpaired) electrons. The average Bonchev–Trinajstić information content (AvgIpc) is 2.39. The summed E-state index contributed by atoms with van der Waals surface area (Å²) in [4.78, 5) is 13.9. The minimum absolute atomic E-state index is 0.0354. The summed E-state index contributed by atoms with van der Waals surface area (Å²) in [5.41, 5.74) is 1.11. The van der Waals surface area contributed by atoms with Crippen LogP contribution in [0.5, 0.6) is 0 Å². The van der Waals surface area contributed by atoms with E-state index in [2.05, 4.69) is 12.6 Å². The maximum atomic E-state index is 12.2. The maximum Gasteiger partial charge on any atom is 0.189 e. The summed E-state index contributed by atoms with van der Waals surface area (Å²) < 4.78 is 0.980. The third-order valence-corrected chi connectivity index (χ3v) is 4.30. The first-order valence-corrected chi connectivity index (χ1v) is 6.83. The zero-order chi connectivity index (χ0) is 12.5. The van der Waals surface area contributed by atoms with Gasteiger partial charge < -0.3 is 0 Å². The van der Waals surface area contributed by atoms with Crippen LogP contribution in [-0.4, -0.2) is 0 Å². The van der Waals surface area contributed by atoms with Crippen molar-refractivity contribution in [2.24, 2.45) is 0 Å². The molecule has 0 N–H and O–H groups in total. The molecule has 0 saturated carbocycles. The molecule has 0 atom stereocenters. The zero-order valence-electron chi connectivity index (χ0n) is 9.46. The standard InChI is InChI=1S/C15H10OS2/c16-11-9-14(10-5-2-1-3-6-10)18-13-8-4-7-12(17)15(11)13/h1-9,17H. The van der Waals surface area contributed by atoms with Gasteiger partial charge in [-0.2, -0.15) is 0 Å². The lowest BCUT2D eigenvalue weighted by atomic mass is 10.2. The molecule has 0 amide bonds. The molecule has 1 nitrogen and oxygen atoms in total. The van der Waals surface area contributed by atoms with Gasteiger partial charge in [0.05, 0.1) is 5.39 Å². The molecule has 0 saturated heterocycles. The molecular formula is C15H10OS2. The molecule has 1 heterocycles. The van der Waals surface area contributed by atoms with Crippen molar-refractivity contribution in [1.82, 2.24) is 0 Å². The molecule has 0 spiro atoms. The molecule has 0 bridgehead atoms. The second kappa shape index (κ2) is 4.59. The second-order valence-electron chi connectivity index (χ2n) is 3.99. The number of rotatable bonds is 1. The largest absolute Gasteiger partial charge is 0.289 e. The van der Waals surface area contributed by atoms with E-state index in [1.165, 1.54) is 0 Å². The first-order valence-electron chi connectivity index (χ1n) is 5.57. The highest BCUT2D eigenvalue weighted by Crippen LogP contribution is 2.29. The van der Waals surface area contributed by atoms with E-state index < -0.39 is 0 Å². The van der Waals surface area contributed by atoms with Gasteiger partial charge in [0.15, 0.2) is 5.43 Å². The molecule has 0 aliphatic heterocycles. The first kappa shape index (κ1) is 11.5. The molecule has 2 aromatic carbocycles. The third kappa shape index (κ3) is 1.96. The van der Waals surface area contributed by atoms with Gasteiger partial charge in [-0.3, -0.25) is 4.79 Å². The van der Waals surface area contributed by atoms with E-state index >= 15 is 0 Å². The summed E-state index contributed by atoms with van der Waals surface area (Å²) >= 11 is 5.97. The summed E-state index contributed by atoms with van der Waals surface area (Å²) in [5, 5.41) is 0.713. The van der Waals surface area contributed by atoms with Crippen molar-refractivity contribution in [3.63, 3.8) is 0 Å². The molecular weight excluding hydrogens is 260 g/mol. The topological polar surface area (TPSA) is 17.1 Å². The summed E-state index contributed by atoms with van der Waals surface area (Å²) in [5.74, 6) is 0. The molecule has 3 heteroatoms. The molecule has 3 rings (SSSR count). The van der Waals surface area contributed by atoms with E-state index in [1.807, 2.05) is 48.5 Å². The zero-order valence-corrected chi connectivity index (χ0v) is 11.2. The van der Waals surface area contributed by atoms with Crippen molar-refractivity contribution in [3.8, 4) is 10.4 Å². The average molecular weight is 270 g/mol. The highest BCUT2D eigenvalue weighted by molar-refractivity contribution is 7.80. The fourth-order valence-electron chi connectivity index (χ4n) is 1.94. The summed E-state index contributed by atoms with van der Waals surface area (Å²) in [6.45, 7) is 0. The fraction of sp³-hybridized carbons (Fsp3) is 0. The van der Waals surface area contributed by atoms with Crippen molar-refractivity contribution in [3.05, 3.63) is 64.8 Å². The predicted molar refractivity (Wildman–Crippen MR) is 80.8 cm³/mol. The molecule has 1 aromatic heterocycles. The highest BCUT2D eigenvalue weighted by atomic mass is 32.1. The Balaban J connectivity index is 2.33. The van der Waals surface area contributed by atoms with Gasteiger partial charge in [0, 0.05) is 20.5 Å². The van der Waals surface area contributed by atoms with Gasteiger partial charge in [-0.05, 0) is 17.7 Å². The monoisotopic (exact) mass is 270 g/mol. The van der Waals surface area contributed by atoms with Crippen LogP contribution in [0.2, 0.25) is 0 Å². The molecule has 0 aliphatic rings. The van der Waals surface area contributed by atoms with E-state index in [-0.39, 0.29) is 5.43 Å². The Morgan fingerprint density at radius 1 is 0.944 bits per heavy atom. The van der Waals surface area contributed by atoms with Gasteiger partial charge in [-0.25, -0.2) is 0 Å². The van der Waals surface area contributed by atoms with Crippen molar-refractivity contribution in [1.29, 1.82) is 0 Å². The normalized spacial score (nSPS) is 10.7. The van der Waals surface area contributed by atoms with Gasteiger partial charge in [-0.1, -0.05) is 36.4 Å². The van der Waals surface area contributed by atoms with Gasteiger partial charge in [0.25, 0.3) is 0 Å². The molecule has 0 unspecified atom stereocenters. The third-order valence-electron chi connectivity index (χ3n) is 2.79. The van der Waals surface area contributed by atoms with Crippen LogP contribution in [0, 0.1) is 0 Å². The van der Waals surface area contributed by atoms with Crippen molar-refractivity contribution in [2.45, 2.75) is 4.90 Å². The number of benzene rings is 2. The minimum Gasteiger partial charge on any atom is -0.289 e. The SMILES string of the molecule is O=c1cc(-c2ccccc2)sc2cccc(S)c12. The van der Waals surface area contributed by atoms with Crippen molar-refractivity contribution >= 4 is 34.1 Å². The number of hydrogen-bond acceptors (Lipinski definition) is 3. The van der Waals surface area contributed by atoms with Crippen LogP contribution in [0.15, 0.2) is 64.3 Å². The van der Waals surface area contributed by atoms with Crippen molar-refractivity contribution in [2.75, 3.05) is 0 Å². The van der Waals surface area contributed by atoms with E-state index in [4.69, 9.17) is 0 Å². The lowest BCUT2D eigenvalue weighted by Gasteiger charge is -2.03. The smallest absolute Gasteiger partial charge is 0.189 e. The Labute approximate surface area is 114 Å². The molecule has 3 aromatic rings. The summed E-state index contributed by atoms with van der Waals surface area (Å²) in [6.07, 6.45) is 0. The molecule has 18 heavy (non-hydrogen) atoms. The minimum atomic E-state index is 0.0354. The van der Waals surface area contributed by atoms with Crippen LogP contribution in [0.1, 0.15) is 0 Å². The quantitative estimate of drug-likeness (QED) is 0.655. The van der Waals surface area contributed by atoms with Crippen LogP contribution in [0.3, 0.4) is 0 Å². The number of thiol groups is 1. The Bertz CT molecular complexity index is 760. The van der Waals surface area contributed by atoms with Crippen LogP contribution in [0.4, 0.5) is 0 Å². The molecule has 0 aliphatic carbocycles. The molecule has 88 valence electrons. The fourth-order valence-corrected chi connectivity index (χ4v) is 3.44. The van der Waals surface area contributed by atoms with Gasteiger partial charge in [-0.15, -0.1) is 24.0 Å². The Morgan fingerprint density at radius 2 is 1.72 bits per heavy atom. The van der Waals surface area contributed by atoms with Gasteiger partial charge in [0.2, 0.25) is 0 Å². The lowest BCUT2D eigenvalue weighted by Crippen LogP contribution is -1.99. The number of fused-ring (bicyclic) bond motifs is 1. The first-order chi connectivity index (χ1) is 8.75. The van der Waals surface area contributed by atoms with Gasteiger partial charge in [0.1, 0.15) is 0 Å². The highest BCUT2D eigenvalue weighted by Gasteiger charge is 2.06. The summed E-state index contributed by atoms with van der Waals surface area (Å²) in [6, 6.07) is 17.4. The Hall–Kier alpha value is -1.58. The molecule has 0 fully saturated rings.